The predicted molar refractivity (Wildman–Crippen MR) is 109 cm³/mol. The van der Waals surface area contributed by atoms with Crippen LogP contribution >= 0.6 is 0 Å². The molecule has 144 valence electrons. The zero-order valence-corrected chi connectivity index (χ0v) is 16.3. The van der Waals surface area contributed by atoms with Crippen LogP contribution in [0.3, 0.4) is 0 Å². The Kier molecular flexibility index (Phi) is 4.79. The fourth-order valence-corrected chi connectivity index (χ4v) is 2.75. The van der Waals surface area contributed by atoms with Crippen LogP contribution in [0.25, 0.3) is 5.65 Å². The molecule has 0 saturated carbocycles. The number of nitrogen functional groups attached to an aromatic ring is 1. The van der Waals surface area contributed by atoms with E-state index in [4.69, 9.17) is 10.5 Å². The summed E-state index contributed by atoms with van der Waals surface area (Å²) in [4.78, 5) is 17.0. The molecule has 4 heterocycles. The number of nitrogens with zero attached hydrogens (tertiary/aromatic N) is 6. The molecule has 4 rings (SSSR count). The summed E-state index contributed by atoms with van der Waals surface area (Å²) in [5.41, 5.74) is 8.88. The van der Waals surface area contributed by atoms with Crippen LogP contribution < -0.4 is 10.5 Å². The average molecular weight is 385 g/mol. The molecule has 0 aliphatic rings. The number of ether oxygens (including phenoxy) is 1. The second-order valence-corrected chi connectivity index (χ2v) is 6.72. The van der Waals surface area contributed by atoms with Gasteiger partial charge in [0.1, 0.15) is 23.0 Å². The highest BCUT2D eigenvalue weighted by molar-refractivity contribution is 5.50. The van der Waals surface area contributed by atoms with Crippen molar-refractivity contribution >= 4 is 11.5 Å². The number of hydrogen-bond donors (Lipinski definition) is 1. The van der Waals surface area contributed by atoms with E-state index in [1.165, 1.54) is 0 Å². The number of hydrogen-bond acceptors (Lipinski definition) is 7. The Bertz CT molecular complexity index is 1250. The van der Waals surface area contributed by atoms with E-state index in [1.54, 1.807) is 42.3 Å². The molecule has 0 amide bonds. The second kappa shape index (κ2) is 7.56. The van der Waals surface area contributed by atoms with Gasteiger partial charge in [-0.25, -0.2) is 24.5 Å². The van der Waals surface area contributed by atoms with E-state index in [0.29, 0.717) is 28.7 Å². The summed E-state index contributed by atoms with van der Waals surface area (Å²) in [6, 6.07) is 5.49. The molecule has 29 heavy (non-hydrogen) atoms. The van der Waals surface area contributed by atoms with E-state index in [0.717, 1.165) is 11.2 Å². The van der Waals surface area contributed by atoms with Crippen LogP contribution in [0.15, 0.2) is 43.0 Å². The quantitative estimate of drug-likeness (QED) is 0.540. The summed E-state index contributed by atoms with van der Waals surface area (Å²) in [6.45, 7) is 5.90. The fourth-order valence-electron chi connectivity index (χ4n) is 2.75. The summed E-state index contributed by atoms with van der Waals surface area (Å²) in [5.74, 6) is 8.21. The molecule has 0 fully saturated rings. The van der Waals surface area contributed by atoms with Gasteiger partial charge in [0.2, 0.25) is 0 Å². The minimum Gasteiger partial charge on any atom is -0.451 e. The smallest absolute Gasteiger partial charge is 0.187 e. The summed E-state index contributed by atoms with van der Waals surface area (Å²) in [6.07, 6.45) is 6.70. The molecular formula is C21H19N7O. The van der Waals surface area contributed by atoms with Crippen molar-refractivity contribution < 1.29 is 4.74 Å². The van der Waals surface area contributed by atoms with Gasteiger partial charge in [0, 0.05) is 24.0 Å². The molecule has 0 aliphatic carbocycles. The van der Waals surface area contributed by atoms with Crippen molar-refractivity contribution in [2.45, 2.75) is 26.7 Å². The van der Waals surface area contributed by atoms with Crippen molar-refractivity contribution in [2.24, 2.45) is 0 Å². The maximum atomic E-state index is 6.02. The van der Waals surface area contributed by atoms with Crippen molar-refractivity contribution in [1.29, 1.82) is 0 Å². The molecule has 0 aromatic carbocycles. The first kappa shape index (κ1) is 18.4. The van der Waals surface area contributed by atoms with Crippen molar-refractivity contribution in [1.82, 2.24) is 29.5 Å². The zero-order valence-electron chi connectivity index (χ0n) is 16.3. The number of imidazole rings is 1. The minimum absolute atomic E-state index is 0.204. The van der Waals surface area contributed by atoms with Crippen molar-refractivity contribution in [3.05, 3.63) is 65.8 Å². The third kappa shape index (κ3) is 3.84. The number of nitrogens with two attached hydrogens (primary N) is 1. The van der Waals surface area contributed by atoms with Crippen LogP contribution in [0.1, 0.15) is 42.5 Å². The topological polar surface area (TPSA) is 104 Å². The van der Waals surface area contributed by atoms with Crippen molar-refractivity contribution in [3.8, 4) is 23.3 Å². The third-order valence-corrected chi connectivity index (χ3v) is 4.24. The van der Waals surface area contributed by atoms with E-state index in [2.05, 4.69) is 50.7 Å². The Morgan fingerprint density at radius 1 is 1.07 bits per heavy atom. The second-order valence-electron chi connectivity index (χ2n) is 6.72. The van der Waals surface area contributed by atoms with E-state index >= 15 is 0 Å². The van der Waals surface area contributed by atoms with Crippen molar-refractivity contribution in [3.63, 3.8) is 0 Å². The van der Waals surface area contributed by atoms with Crippen LogP contribution in [0.2, 0.25) is 0 Å². The number of aryl methyl sites for hydroxylation is 1. The SMILES string of the molecule is Cc1ncc(Oc2cc(C#Cc3cnc4cccnn34)ncc2C(C)C)c(N)n1. The monoisotopic (exact) mass is 385 g/mol. The minimum atomic E-state index is 0.204. The number of rotatable bonds is 3. The zero-order chi connectivity index (χ0) is 20.4. The van der Waals surface area contributed by atoms with Gasteiger partial charge in [-0.1, -0.05) is 13.8 Å². The first-order valence-electron chi connectivity index (χ1n) is 9.09. The number of aromatic nitrogens is 6. The Morgan fingerprint density at radius 3 is 2.72 bits per heavy atom. The average Bonchev–Trinajstić information content (AvgIpc) is 3.12. The van der Waals surface area contributed by atoms with Gasteiger partial charge in [-0.2, -0.15) is 5.10 Å². The highest BCUT2D eigenvalue weighted by Gasteiger charge is 2.13. The first-order valence-corrected chi connectivity index (χ1v) is 9.09. The van der Waals surface area contributed by atoms with Gasteiger partial charge >= 0.3 is 0 Å². The molecule has 4 aromatic rings. The standard InChI is InChI=1S/C21H19N7O/c1-13(2)17-11-24-15(6-7-16-10-25-20-5-4-8-26-28(16)20)9-18(17)29-19-12-23-14(3)27-21(19)22/h4-5,8-13H,1-3H3,(H2,22,23,27). The van der Waals surface area contributed by atoms with Crippen LogP contribution in [-0.2, 0) is 0 Å². The molecule has 0 atom stereocenters. The Balaban J connectivity index is 1.70. The predicted octanol–water partition coefficient (Wildman–Crippen LogP) is 3.12. The fraction of sp³-hybridized carbons (Fsp3) is 0.190. The summed E-state index contributed by atoms with van der Waals surface area (Å²) < 4.78 is 7.69. The maximum Gasteiger partial charge on any atom is 0.187 e. The van der Waals surface area contributed by atoms with E-state index in [9.17, 15) is 0 Å². The largest absolute Gasteiger partial charge is 0.451 e. The molecular weight excluding hydrogens is 366 g/mol. The van der Waals surface area contributed by atoms with Gasteiger partial charge in [-0.3, -0.25) is 0 Å². The molecule has 0 bridgehead atoms. The number of anilines is 1. The summed E-state index contributed by atoms with van der Waals surface area (Å²) >= 11 is 0. The molecule has 8 heteroatoms. The van der Waals surface area contributed by atoms with Gasteiger partial charge in [-0.05, 0) is 36.8 Å². The Hall–Kier alpha value is -3.99. The van der Waals surface area contributed by atoms with E-state index < -0.39 is 0 Å². The third-order valence-electron chi connectivity index (χ3n) is 4.24. The van der Waals surface area contributed by atoms with Crippen LogP contribution in [0, 0.1) is 18.8 Å². The Labute approximate surface area is 167 Å². The number of fused-ring (bicyclic) bond motifs is 1. The lowest BCUT2D eigenvalue weighted by atomic mass is 10.0. The molecule has 8 nitrogen and oxygen atoms in total. The van der Waals surface area contributed by atoms with Crippen molar-refractivity contribution in [2.75, 3.05) is 5.73 Å². The normalized spacial score (nSPS) is 10.8. The summed E-state index contributed by atoms with van der Waals surface area (Å²) in [5, 5.41) is 4.26. The molecule has 0 spiro atoms. The Morgan fingerprint density at radius 2 is 1.93 bits per heavy atom. The van der Waals surface area contributed by atoms with Gasteiger partial charge in [0.25, 0.3) is 0 Å². The highest BCUT2D eigenvalue weighted by Crippen LogP contribution is 2.32. The maximum absolute atomic E-state index is 6.02. The first-order chi connectivity index (χ1) is 14.0. The lowest BCUT2D eigenvalue weighted by Crippen LogP contribution is -2.02. The molecule has 4 aromatic heterocycles. The lowest BCUT2D eigenvalue weighted by Gasteiger charge is -2.14. The molecule has 2 N–H and O–H groups in total. The molecule has 0 unspecified atom stereocenters. The highest BCUT2D eigenvalue weighted by atomic mass is 16.5. The van der Waals surface area contributed by atoms with Gasteiger partial charge in [-0.15, -0.1) is 0 Å². The molecule has 0 aliphatic heterocycles. The van der Waals surface area contributed by atoms with Gasteiger partial charge in [0.15, 0.2) is 17.2 Å². The van der Waals surface area contributed by atoms with Crippen LogP contribution in [0.4, 0.5) is 5.82 Å². The number of pyridine rings is 1. The molecule has 0 radical (unpaired) electrons. The van der Waals surface area contributed by atoms with Gasteiger partial charge < -0.3 is 10.5 Å². The van der Waals surface area contributed by atoms with Crippen LogP contribution in [-0.4, -0.2) is 29.5 Å². The van der Waals surface area contributed by atoms with Gasteiger partial charge in [0.05, 0.1) is 12.4 Å². The molecule has 0 saturated heterocycles. The lowest BCUT2D eigenvalue weighted by molar-refractivity contribution is 0.469. The van der Waals surface area contributed by atoms with E-state index in [-0.39, 0.29) is 11.7 Å². The van der Waals surface area contributed by atoms with Crippen LogP contribution in [0.5, 0.6) is 11.5 Å². The summed E-state index contributed by atoms with van der Waals surface area (Å²) in [7, 11) is 0. The van der Waals surface area contributed by atoms with E-state index in [1.807, 2.05) is 12.1 Å².